The summed E-state index contributed by atoms with van der Waals surface area (Å²) in [5, 5.41) is -0.367. The van der Waals surface area contributed by atoms with E-state index in [9.17, 15) is 4.79 Å². The first-order valence-corrected chi connectivity index (χ1v) is 6.43. The van der Waals surface area contributed by atoms with E-state index in [0.717, 1.165) is 17.7 Å². The molecule has 1 aromatic carbocycles. The summed E-state index contributed by atoms with van der Waals surface area (Å²) < 4.78 is 0. The zero-order chi connectivity index (χ0) is 11.4. The van der Waals surface area contributed by atoms with Crippen LogP contribution in [0.15, 0.2) is 17.0 Å². The van der Waals surface area contributed by atoms with Crippen LogP contribution in [0.5, 0.6) is 0 Å². The minimum Gasteiger partial charge on any atom is -0.276 e. The van der Waals surface area contributed by atoms with E-state index in [2.05, 4.69) is 13.8 Å². The molecule has 0 aliphatic rings. The van der Waals surface area contributed by atoms with Gasteiger partial charge in [-0.3, -0.25) is 4.79 Å². The Bertz CT molecular complexity index is 374. The molecular formula is C12H15ClOS. The second-order valence-electron chi connectivity index (χ2n) is 3.29. The van der Waals surface area contributed by atoms with Gasteiger partial charge in [0.05, 0.1) is 0 Å². The molecule has 0 N–H and O–H groups in total. The summed E-state index contributed by atoms with van der Waals surface area (Å²) >= 11 is 7.30. The summed E-state index contributed by atoms with van der Waals surface area (Å²) in [5.74, 6) is 1.01. The lowest BCUT2D eigenvalue weighted by Gasteiger charge is -2.12. The van der Waals surface area contributed by atoms with Gasteiger partial charge in [-0.25, -0.2) is 0 Å². The van der Waals surface area contributed by atoms with Crippen molar-refractivity contribution in [2.75, 3.05) is 5.75 Å². The lowest BCUT2D eigenvalue weighted by atomic mass is 10.0. The number of rotatable bonds is 4. The summed E-state index contributed by atoms with van der Waals surface area (Å²) in [6, 6.07) is 3.82. The van der Waals surface area contributed by atoms with Crippen molar-refractivity contribution in [1.29, 1.82) is 0 Å². The number of thioether (sulfide) groups is 1. The fourth-order valence-corrected chi connectivity index (χ4v) is 2.80. The van der Waals surface area contributed by atoms with Gasteiger partial charge in [0.25, 0.3) is 5.24 Å². The summed E-state index contributed by atoms with van der Waals surface area (Å²) in [6.45, 7) is 6.20. The van der Waals surface area contributed by atoms with Gasteiger partial charge >= 0.3 is 0 Å². The SMILES string of the molecule is CCSc1c(CC)ccc(C(=O)Cl)c1C. The predicted octanol–water partition coefficient (Wildman–Crippen LogP) is 4.05. The zero-order valence-corrected chi connectivity index (χ0v) is 10.8. The number of halogens is 1. The lowest BCUT2D eigenvalue weighted by Crippen LogP contribution is -1.99. The van der Waals surface area contributed by atoms with E-state index in [4.69, 9.17) is 11.6 Å². The Labute approximate surface area is 100 Å². The van der Waals surface area contributed by atoms with Crippen molar-refractivity contribution in [2.24, 2.45) is 0 Å². The number of benzene rings is 1. The zero-order valence-electron chi connectivity index (χ0n) is 9.26. The van der Waals surface area contributed by atoms with Crippen LogP contribution >= 0.6 is 23.4 Å². The van der Waals surface area contributed by atoms with Crippen LogP contribution in [0.4, 0.5) is 0 Å². The van der Waals surface area contributed by atoms with Crippen LogP contribution in [0, 0.1) is 6.92 Å². The maximum atomic E-state index is 11.2. The molecule has 0 saturated carbocycles. The van der Waals surface area contributed by atoms with Gasteiger partial charge in [-0.2, -0.15) is 0 Å². The second-order valence-corrected chi connectivity index (χ2v) is 4.90. The highest BCUT2D eigenvalue weighted by Crippen LogP contribution is 2.30. The highest BCUT2D eigenvalue weighted by atomic mass is 35.5. The highest BCUT2D eigenvalue weighted by molar-refractivity contribution is 7.99. The molecule has 0 aliphatic carbocycles. The Morgan fingerprint density at radius 2 is 2.07 bits per heavy atom. The molecule has 0 saturated heterocycles. The number of aryl methyl sites for hydroxylation is 1. The van der Waals surface area contributed by atoms with Gasteiger partial charge in [-0.15, -0.1) is 11.8 Å². The van der Waals surface area contributed by atoms with E-state index in [1.54, 1.807) is 11.8 Å². The van der Waals surface area contributed by atoms with Gasteiger partial charge in [-0.05, 0) is 47.9 Å². The van der Waals surface area contributed by atoms with Crippen molar-refractivity contribution >= 4 is 28.6 Å². The third-order valence-corrected chi connectivity index (χ3v) is 3.72. The molecule has 0 aliphatic heterocycles. The van der Waals surface area contributed by atoms with Crippen LogP contribution < -0.4 is 0 Å². The third-order valence-electron chi connectivity index (χ3n) is 2.37. The Morgan fingerprint density at radius 1 is 1.40 bits per heavy atom. The monoisotopic (exact) mass is 242 g/mol. The maximum absolute atomic E-state index is 11.2. The number of carbonyl (C=O) groups excluding carboxylic acids is 1. The van der Waals surface area contributed by atoms with Gasteiger partial charge in [0, 0.05) is 10.5 Å². The Balaban J connectivity index is 3.28. The summed E-state index contributed by atoms with van der Waals surface area (Å²) in [7, 11) is 0. The van der Waals surface area contributed by atoms with Crippen molar-refractivity contribution in [2.45, 2.75) is 32.1 Å². The number of hydrogen-bond donors (Lipinski definition) is 0. The van der Waals surface area contributed by atoms with Gasteiger partial charge in [0.2, 0.25) is 0 Å². The van der Waals surface area contributed by atoms with Crippen molar-refractivity contribution in [3.8, 4) is 0 Å². The molecule has 0 fully saturated rings. The summed E-state index contributed by atoms with van der Waals surface area (Å²) in [4.78, 5) is 12.4. The predicted molar refractivity (Wildman–Crippen MR) is 67.1 cm³/mol. The van der Waals surface area contributed by atoms with Gasteiger partial charge < -0.3 is 0 Å². The van der Waals surface area contributed by atoms with E-state index < -0.39 is 0 Å². The maximum Gasteiger partial charge on any atom is 0.252 e. The topological polar surface area (TPSA) is 17.1 Å². The lowest BCUT2D eigenvalue weighted by molar-refractivity contribution is 0.108. The molecule has 1 nitrogen and oxygen atoms in total. The fourth-order valence-electron chi connectivity index (χ4n) is 1.58. The van der Waals surface area contributed by atoms with Crippen LogP contribution in [0.2, 0.25) is 0 Å². The minimum absolute atomic E-state index is 0.367. The van der Waals surface area contributed by atoms with Crippen molar-refractivity contribution < 1.29 is 4.79 Å². The molecule has 0 spiro atoms. The van der Waals surface area contributed by atoms with E-state index >= 15 is 0 Å². The first-order chi connectivity index (χ1) is 7.11. The van der Waals surface area contributed by atoms with Crippen LogP contribution in [0.1, 0.15) is 35.3 Å². The normalized spacial score (nSPS) is 10.4. The molecule has 0 amide bonds. The van der Waals surface area contributed by atoms with Gasteiger partial charge in [0.15, 0.2) is 0 Å². The van der Waals surface area contributed by atoms with Gasteiger partial charge in [0.1, 0.15) is 0 Å². The third kappa shape index (κ3) is 2.76. The van der Waals surface area contributed by atoms with Crippen LogP contribution in [-0.4, -0.2) is 11.0 Å². The first kappa shape index (κ1) is 12.6. The van der Waals surface area contributed by atoms with Crippen LogP contribution in [0.3, 0.4) is 0 Å². The van der Waals surface area contributed by atoms with E-state index in [0.29, 0.717) is 5.56 Å². The Kier molecular flexibility index (Phi) is 4.68. The van der Waals surface area contributed by atoms with Crippen molar-refractivity contribution in [3.05, 3.63) is 28.8 Å². The smallest absolute Gasteiger partial charge is 0.252 e. The van der Waals surface area contributed by atoms with Gasteiger partial charge in [-0.1, -0.05) is 19.9 Å². The van der Waals surface area contributed by atoms with E-state index in [1.807, 2.05) is 19.1 Å². The molecule has 0 heterocycles. The Hall–Kier alpha value is -0.470. The summed E-state index contributed by atoms with van der Waals surface area (Å²) in [5.41, 5.74) is 2.94. The van der Waals surface area contributed by atoms with Crippen LogP contribution in [-0.2, 0) is 6.42 Å². The van der Waals surface area contributed by atoms with E-state index in [1.165, 1.54) is 10.5 Å². The molecule has 0 bridgehead atoms. The largest absolute Gasteiger partial charge is 0.276 e. The molecule has 0 radical (unpaired) electrons. The average molecular weight is 243 g/mol. The number of carbonyl (C=O) groups is 1. The second kappa shape index (κ2) is 5.57. The van der Waals surface area contributed by atoms with Crippen molar-refractivity contribution in [3.63, 3.8) is 0 Å². The minimum atomic E-state index is -0.367. The molecule has 1 aromatic rings. The van der Waals surface area contributed by atoms with E-state index in [-0.39, 0.29) is 5.24 Å². The fraction of sp³-hybridized carbons (Fsp3) is 0.417. The molecule has 82 valence electrons. The van der Waals surface area contributed by atoms with Crippen LogP contribution in [0.25, 0.3) is 0 Å². The molecule has 3 heteroatoms. The summed E-state index contributed by atoms with van der Waals surface area (Å²) in [6.07, 6.45) is 0.986. The highest BCUT2D eigenvalue weighted by Gasteiger charge is 2.12. The molecule has 0 aromatic heterocycles. The quantitative estimate of drug-likeness (QED) is 0.585. The molecule has 0 unspecified atom stereocenters. The first-order valence-electron chi connectivity index (χ1n) is 5.06. The number of hydrogen-bond acceptors (Lipinski definition) is 2. The standard InChI is InChI=1S/C12H15ClOS/c1-4-9-6-7-10(12(13)14)8(3)11(9)15-5-2/h6-7H,4-5H2,1-3H3. The molecule has 0 atom stereocenters. The molecule has 15 heavy (non-hydrogen) atoms. The Morgan fingerprint density at radius 3 is 2.53 bits per heavy atom. The van der Waals surface area contributed by atoms with Crippen molar-refractivity contribution in [1.82, 2.24) is 0 Å². The average Bonchev–Trinajstić information content (AvgIpc) is 2.20. The molecule has 1 rings (SSSR count). The molecular weight excluding hydrogens is 228 g/mol.